The summed E-state index contributed by atoms with van der Waals surface area (Å²) in [6.45, 7) is 3.24. The van der Waals surface area contributed by atoms with Crippen LogP contribution in [0.4, 0.5) is 0 Å². The average molecular weight is 313 g/mol. The summed E-state index contributed by atoms with van der Waals surface area (Å²) in [7, 11) is 0. The molecule has 0 amide bonds. The van der Waals surface area contributed by atoms with Gasteiger partial charge < -0.3 is 10.4 Å². The molecule has 2 fully saturated rings. The second-order valence-corrected chi connectivity index (χ2v) is 7.03. The minimum Gasteiger partial charge on any atom is -0.393 e. The molecule has 1 heterocycles. The van der Waals surface area contributed by atoms with Crippen molar-refractivity contribution in [1.82, 2.24) is 10.2 Å². The number of rotatable bonds is 4. The summed E-state index contributed by atoms with van der Waals surface area (Å²) in [6.07, 6.45) is 6.48. The number of nitrogens with one attached hydrogen (secondary N) is 1. The van der Waals surface area contributed by atoms with Crippen molar-refractivity contribution < 1.29 is 5.11 Å². The Bertz CT molecular complexity index is 521. The maximum Gasteiger partial charge on any atom is 0.0991 e. The minimum atomic E-state index is -0.0673. The van der Waals surface area contributed by atoms with Crippen molar-refractivity contribution in [2.75, 3.05) is 13.1 Å². The van der Waals surface area contributed by atoms with Crippen molar-refractivity contribution in [2.45, 2.75) is 63.3 Å². The third-order valence-electron chi connectivity index (χ3n) is 5.24. The van der Waals surface area contributed by atoms with E-state index in [9.17, 15) is 5.11 Å². The number of likely N-dealkylation sites (tertiary alicyclic amines) is 1. The molecule has 0 bridgehead atoms. The molecule has 0 spiro atoms. The number of aliphatic hydroxyl groups excluding tert-OH is 1. The van der Waals surface area contributed by atoms with Gasteiger partial charge in [-0.3, -0.25) is 4.90 Å². The van der Waals surface area contributed by atoms with Gasteiger partial charge in [0.15, 0.2) is 0 Å². The van der Waals surface area contributed by atoms with Crippen LogP contribution in [0.3, 0.4) is 0 Å². The largest absolute Gasteiger partial charge is 0.393 e. The second-order valence-electron chi connectivity index (χ2n) is 7.03. The molecule has 4 heteroatoms. The van der Waals surface area contributed by atoms with Crippen molar-refractivity contribution in [1.29, 1.82) is 5.26 Å². The summed E-state index contributed by atoms with van der Waals surface area (Å²) in [6, 6.07) is 11.3. The molecule has 2 aliphatic rings. The summed E-state index contributed by atoms with van der Waals surface area (Å²) >= 11 is 0. The van der Waals surface area contributed by atoms with E-state index in [-0.39, 0.29) is 6.10 Å². The normalized spacial score (nSPS) is 26.8. The van der Waals surface area contributed by atoms with E-state index in [0.29, 0.717) is 12.1 Å². The minimum absolute atomic E-state index is 0.0673. The zero-order chi connectivity index (χ0) is 16.1. The van der Waals surface area contributed by atoms with E-state index in [1.54, 1.807) is 0 Å². The van der Waals surface area contributed by atoms with Gasteiger partial charge in [0.05, 0.1) is 17.7 Å². The molecule has 0 radical (unpaired) electrons. The van der Waals surface area contributed by atoms with E-state index >= 15 is 0 Å². The van der Waals surface area contributed by atoms with Gasteiger partial charge in [-0.2, -0.15) is 5.26 Å². The highest BCUT2D eigenvalue weighted by atomic mass is 16.3. The van der Waals surface area contributed by atoms with Crippen molar-refractivity contribution in [3.05, 3.63) is 35.4 Å². The van der Waals surface area contributed by atoms with Crippen molar-refractivity contribution in [3.8, 4) is 6.07 Å². The van der Waals surface area contributed by atoms with Crippen molar-refractivity contribution in [2.24, 2.45) is 0 Å². The van der Waals surface area contributed by atoms with Crippen LogP contribution >= 0.6 is 0 Å². The van der Waals surface area contributed by atoms with Gasteiger partial charge in [-0.15, -0.1) is 0 Å². The first-order valence-corrected chi connectivity index (χ1v) is 8.88. The van der Waals surface area contributed by atoms with Crippen LogP contribution in [-0.4, -0.2) is 41.3 Å². The number of benzene rings is 1. The maximum atomic E-state index is 9.59. The molecule has 2 N–H and O–H groups in total. The van der Waals surface area contributed by atoms with E-state index in [2.05, 4.69) is 28.4 Å². The van der Waals surface area contributed by atoms with Crippen LogP contribution in [-0.2, 0) is 6.54 Å². The average Bonchev–Trinajstić information content (AvgIpc) is 2.59. The fourth-order valence-corrected chi connectivity index (χ4v) is 3.78. The van der Waals surface area contributed by atoms with E-state index in [1.807, 2.05) is 12.1 Å². The Kier molecular flexibility index (Phi) is 5.66. The monoisotopic (exact) mass is 313 g/mol. The summed E-state index contributed by atoms with van der Waals surface area (Å²) in [4.78, 5) is 2.50. The molecular weight excluding hydrogens is 286 g/mol. The predicted molar refractivity (Wildman–Crippen MR) is 90.9 cm³/mol. The van der Waals surface area contributed by atoms with Crippen LogP contribution in [0.15, 0.2) is 24.3 Å². The van der Waals surface area contributed by atoms with Crippen molar-refractivity contribution >= 4 is 0 Å². The van der Waals surface area contributed by atoms with Crippen molar-refractivity contribution in [3.63, 3.8) is 0 Å². The highest BCUT2D eigenvalue weighted by molar-refractivity contribution is 5.31. The molecular formula is C19H27N3O. The van der Waals surface area contributed by atoms with E-state index < -0.39 is 0 Å². The second kappa shape index (κ2) is 7.92. The molecule has 0 unspecified atom stereocenters. The first-order chi connectivity index (χ1) is 11.2. The quantitative estimate of drug-likeness (QED) is 0.896. The number of piperidine rings is 1. The first-order valence-electron chi connectivity index (χ1n) is 8.88. The van der Waals surface area contributed by atoms with Crippen LogP contribution < -0.4 is 5.32 Å². The Labute approximate surface area is 139 Å². The molecule has 1 saturated heterocycles. The molecule has 23 heavy (non-hydrogen) atoms. The van der Waals surface area contributed by atoms with Gasteiger partial charge >= 0.3 is 0 Å². The topological polar surface area (TPSA) is 59.3 Å². The van der Waals surface area contributed by atoms with Crippen LogP contribution in [0, 0.1) is 11.3 Å². The summed E-state index contributed by atoms with van der Waals surface area (Å²) in [5, 5.41) is 22.2. The summed E-state index contributed by atoms with van der Waals surface area (Å²) in [5.74, 6) is 0. The molecule has 0 aromatic heterocycles. The predicted octanol–water partition coefficient (Wildman–Crippen LogP) is 2.42. The number of hydrogen-bond acceptors (Lipinski definition) is 4. The molecule has 1 saturated carbocycles. The lowest BCUT2D eigenvalue weighted by Crippen LogP contribution is -2.47. The lowest BCUT2D eigenvalue weighted by Gasteiger charge is -2.36. The molecule has 1 aliphatic carbocycles. The fraction of sp³-hybridized carbons (Fsp3) is 0.632. The maximum absolute atomic E-state index is 9.59. The molecule has 1 aliphatic heterocycles. The third kappa shape index (κ3) is 4.78. The first kappa shape index (κ1) is 16.4. The van der Waals surface area contributed by atoms with Crippen LogP contribution in [0.2, 0.25) is 0 Å². The Morgan fingerprint density at radius 3 is 2.22 bits per heavy atom. The fourth-order valence-electron chi connectivity index (χ4n) is 3.78. The number of nitrogens with zero attached hydrogens (tertiary/aromatic N) is 2. The zero-order valence-corrected chi connectivity index (χ0v) is 13.7. The van der Waals surface area contributed by atoms with E-state index in [1.165, 1.54) is 18.4 Å². The van der Waals surface area contributed by atoms with Gasteiger partial charge in [0.1, 0.15) is 0 Å². The lowest BCUT2D eigenvalue weighted by atomic mass is 9.91. The number of nitriles is 1. The van der Waals surface area contributed by atoms with Crippen LogP contribution in [0.25, 0.3) is 0 Å². The Morgan fingerprint density at radius 2 is 1.61 bits per heavy atom. The third-order valence-corrected chi connectivity index (χ3v) is 5.24. The molecule has 3 rings (SSSR count). The number of aliphatic hydroxyl groups is 1. The van der Waals surface area contributed by atoms with Gasteiger partial charge in [0, 0.05) is 18.6 Å². The van der Waals surface area contributed by atoms with Gasteiger partial charge in [-0.1, -0.05) is 12.1 Å². The Morgan fingerprint density at radius 1 is 1.00 bits per heavy atom. The Balaban J connectivity index is 1.40. The lowest BCUT2D eigenvalue weighted by molar-refractivity contribution is 0.108. The summed E-state index contributed by atoms with van der Waals surface area (Å²) in [5.41, 5.74) is 2.02. The number of hydrogen-bond donors (Lipinski definition) is 2. The molecule has 1 aromatic carbocycles. The van der Waals surface area contributed by atoms with Crippen LogP contribution in [0.1, 0.15) is 49.7 Å². The van der Waals surface area contributed by atoms with Crippen LogP contribution in [0.5, 0.6) is 0 Å². The van der Waals surface area contributed by atoms with Gasteiger partial charge in [-0.05, 0) is 69.3 Å². The standard InChI is InChI=1S/C19H27N3O/c20-13-15-1-3-16(4-2-15)14-22-11-9-18(10-12-22)21-17-5-7-19(23)8-6-17/h1-4,17-19,21,23H,5-12,14H2. The van der Waals surface area contributed by atoms with Gasteiger partial charge in [-0.25, -0.2) is 0 Å². The molecule has 1 aromatic rings. The Hall–Kier alpha value is -1.41. The zero-order valence-electron chi connectivity index (χ0n) is 13.7. The molecule has 124 valence electrons. The van der Waals surface area contributed by atoms with E-state index in [0.717, 1.165) is 50.9 Å². The van der Waals surface area contributed by atoms with E-state index in [4.69, 9.17) is 5.26 Å². The highest BCUT2D eigenvalue weighted by Crippen LogP contribution is 2.21. The smallest absolute Gasteiger partial charge is 0.0991 e. The summed E-state index contributed by atoms with van der Waals surface area (Å²) < 4.78 is 0. The highest BCUT2D eigenvalue weighted by Gasteiger charge is 2.24. The molecule has 4 nitrogen and oxygen atoms in total. The molecule has 0 atom stereocenters. The van der Waals surface area contributed by atoms with Gasteiger partial charge in [0.25, 0.3) is 0 Å². The van der Waals surface area contributed by atoms with Gasteiger partial charge in [0.2, 0.25) is 0 Å². The SMILES string of the molecule is N#Cc1ccc(CN2CCC(NC3CCC(O)CC3)CC2)cc1.